The van der Waals surface area contributed by atoms with Gasteiger partial charge in [-0.1, -0.05) is 6.07 Å². The second-order valence-corrected chi connectivity index (χ2v) is 3.28. The van der Waals surface area contributed by atoms with Gasteiger partial charge >= 0.3 is 5.97 Å². The minimum atomic E-state index is -0.835. The van der Waals surface area contributed by atoms with E-state index >= 15 is 0 Å². The minimum Gasteiger partial charge on any atom is -0.463 e. The Morgan fingerprint density at radius 1 is 1.31 bits per heavy atom. The van der Waals surface area contributed by atoms with Crippen molar-refractivity contribution in [3.8, 4) is 11.5 Å². The van der Waals surface area contributed by atoms with Crippen molar-refractivity contribution in [3.05, 3.63) is 23.8 Å². The van der Waals surface area contributed by atoms with Crippen molar-refractivity contribution >= 4 is 11.8 Å². The Morgan fingerprint density at radius 2 is 2.06 bits per heavy atom. The number of methoxy groups -OCH3 is 1. The summed E-state index contributed by atoms with van der Waals surface area (Å²) in [6.45, 7) is 0.184. The predicted molar refractivity (Wildman–Crippen MR) is 53.3 cm³/mol. The second kappa shape index (κ2) is 4.22. The number of ether oxygens (including phenoxy) is 3. The lowest BCUT2D eigenvalue weighted by atomic mass is 10.1. The SMILES string of the molecule is COC(=O)C(=O)Cc1ccc2c(c1)OCO2. The van der Waals surface area contributed by atoms with Gasteiger partial charge in [0.2, 0.25) is 12.6 Å². The minimum absolute atomic E-state index is 0.00329. The first-order chi connectivity index (χ1) is 7.70. The fourth-order valence-corrected chi connectivity index (χ4v) is 1.42. The molecule has 5 nitrogen and oxygen atoms in total. The Hall–Kier alpha value is -2.04. The number of fused-ring (bicyclic) bond motifs is 1. The Balaban J connectivity index is 2.11. The van der Waals surface area contributed by atoms with Crippen LogP contribution in [-0.2, 0) is 20.7 Å². The monoisotopic (exact) mass is 222 g/mol. The first-order valence-corrected chi connectivity index (χ1v) is 4.70. The van der Waals surface area contributed by atoms with Crippen molar-refractivity contribution in [1.29, 1.82) is 0 Å². The molecule has 2 rings (SSSR count). The topological polar surface area (TPSA) is 61.8 Å². The zero-order valence-corrected chi connectivity index (χ0v) is 8.69. The molecule has 0 bridgehead atoms. The number of ketones is 1. The molecule has 0 saturated heterocycles. The van der Waals surface area contributed by atoms with Crippen LogP contribution in [0.4, 0.5) is 0 Å². The lowest BCUT2D eigenvalue weighted by molar-refractivity contribution is -0.151. The van der Waals surface area contributed by atoms with Crippen molar-refractivity contribution < 1.29 is 23.8 Å². The molecule has 84 valence electrons. The molecule has 16 heavy (non-hydrogen) atoms. The normalized spacial score (nSPS) is 12.3. The van der Waals surface area contributed by atoms with Gasteiger partial charge in [-0.2, -0.15) is 0 Å². The van der Waals surface area contributed by atoms with Gasteiger partial charge < -0.3 is 14.2 Å². The smallest absolute Gasteiger partial charge is 0.374 e. The van der Waals surface area contributed by atoms with Crippen LogP contribution in [-0.4, -0.2) is 25.7 Å². The molecule has 0 fully saturated rings. The molecular formula is C11H10O5. The molecule has 1 aliphatic heterocycles. The lowest BCUT2D eigenvalue weighted by Gasteiger charge is -2.01. The van der Waals surface area contributed by atoms with Crippen LogP contribution in [0.1, 0.15) is 5.56 Å². The highest BCUT2D eigenvalue weighted by atomic mass is 16.7. The molecule has 0 unspecified atom stereocenters. The predicted octanol–water partition coefficient (Wildman–Crippen LogP) is 0.700. The molecule has 0 radical (unpaired) electrons. The Morgan fingerprint density at radius 3 is 2.81 bits per heavy atom. The van der Waals surface area contributed by atoms with Crippen molar-refractivity contribution in [2.75, 3.05) is 13.9 Å². The zero-order valence-electron chi connectivity index (χ0n) is 8.69. The van der Waals surface area contributed by atoms with E-state index in [0.717, 1.165) is 0 Å². The average Bonchev–Trinajstić information content (AvgIpc) is 2.75. The third kappa shape index (κ3) is 1.98. The summed E-state index contributed by atoms with van der Waals surface area (Å²) in [5.41, 5.74) is 0.694. The van der Waals surface area contributed by atoms with Gasteiger partial charge in [0.05, 0.1) is 7.11 Å². The fourth-order valence-electron chi connectivity index (χ4n) is 1.42. The van der Waals surface area contributed by atoms with E-state index in [1.165, 1.54) is 7.11 Å². The summed E-state index contributed by atoms with van der Waals surface area (Å²) in [6.07, 6.45) is 0.00329. The Labute approximate surface area is 91.9 Å². The highest BCUT2D eigenvalue weighted by molar-refractivity contribution is 6.34. The third-order valence-corrected chi connectivity index (χ3v) is 2.21. The molecule has 0 atom stereocenters. The van der Waals surface area contributed by atoms with E-state index in [1.807, 2.05) is 0 Å². The zero-order chi connectivity index (χ0) is 11.5. The van der Waals surface area contributed by atoms with Crippen LogP contribution < -0.4 is 9.47 Å². The van der Waals surface area contributed by atoms with Gasteiger partial charge in [0, 0.05) is 6.42 Å². The van der Waals surface area contributed by atoms with Crippen molar-refractivity contribution in [3.63, 3.8) is 0 Å². The number of carbonyl (C=O) groups excluding carboxylic acids is 2. The van der Waals surface area contributed by atoms with E-state index in [2.05, 4.69) is 4.74 Å². The fraction of sp³-hybridized carbons (Fsp3) is 0.273. The molecule has 1 heterocycles. The molecule has 5 heteroatoms. The number of esters is 1. The van der Waals surface area contributed by atoms with E-state index in [4.69, 9.17) is 9.47 Å². The molecule has 0 amide bonds. The largest absolute Gasteiger partial charge is 0.463 e. The van der Waals surface area contributed by atoms with Gasteiger partial charge in [0.15, 0.2) is 11.5 Å². The summed E-state index contributed by atoms with van der Waals surface area (Å²) >= 11 is 0. The quantitative estimate of drug-likeness (QED) is 0.556. The van der Waals surface area contributed by atoms with Crippen molar-refractivity contribution in [2.45, 2.75) is 6.42 Å². The van der Waals surface area contributed by atoms with Crippen LogP contribution >= 0.6 is 0 Å². The van der Waals surface area contributed by atoms with E-state index in [-0.39, 0.29) is 13.2 Å². The molecule has 0 saturated carbocycles. The maximum atomic E-state index is 11.3. The maximum absolute atomic E-state index is 11.3. The summed E-state index contributed by atoms with van der Waals surface area (Å²) in [7, 11) is 1.18. The van der Waals surface area contributed by atoms with Gasteiger partial charge in [-0.25, -0.2) is 4.79 Å². The number of carbonyl (C=O) groups is 2. The van der Waals surface area contributed by atoms with E-state index < -0.39 is 11.8 Å². The second-order valence-electron chi connectivity index (χ2n) is 3.28. The highest BCUT2D eigenvalue weighted by Gasteiger charge is 2.17. The van der Waals surface area contributed by atoms with Gasteiger partial charge in [-0.05, 0) is 17.7 Å². The first-order valence-electron chi connectivity index (χ1n) is 4.70. The molecular weight excluding hydrogens is 212 g/mol. The molecule has 1 aromatic carbocycles. The van der Waals surface area contributed by atoms with Crippen LogP contribution in [0, 0.1) is 0 Å². The molecule has 1 aromatic rings. The van der Waals surface area contributed by atoms with Gasteiger partial charge in [0.1, 0.15) is 0 Å². The number of hydrogen-bond donors (Lipinski definition) is 0. The molecule has 0 aromatic heterocycles. The van der Waals surface area contributed by atoms with Crippen LogP contribution in [0.25, 0.3) is 0 Å². The highest BCUT2D eigenvalue weighted by Crippen LogP contribution is 2.32. The average molecular weight is 222 g/mol. The summed E-state index contributed by atoms with van der Waals surface area (Å²) in [4.78, 5) is 22.2. The van der Waals surface area contributed by atoms with Crippen molar-refractivity contribution in [1.82, 2.24) is 0 Å². The number of benzene rings is 1. The van der Waals surface area contributed by atoms with Crippen LogP contribution in [0.5, 0.6) is 11.5 Å². The van der Waals surface area contributed by atoms with Crippen LogP contribution in [0.3, 0.4) is 0 Å². The van der Waals surface area contributed by atoms with Gasteiger partial charge in [-0.3, -0.25) is 4.79 Å². The van der Waals surface area contributed by atoms with E-state index in [0.29, 0.717) is 17.1 Å². The summed E-state index contributed by atoms with van der Waals surface area (Å²) < 4.78 is 14.6. The van der Waals surface area contributed by atoms with E-state index in [9.17, 15) is 9.59 Å². The van der Waals surface area contributed by atoms with Crippen molar-refractivity contribution in [2.24, 2.45) is 0 Å². The standard InChI is InChI=1S/C11H10O5/c1-14-11(13)8(12)4-7-2-3-9-10(5-7)16-6-15-9/h2-3,5H,4,6H2,1H3. The van der Waals surface area contributed by atoms with E-state index in [1.54, 1.807) is 18.2 Å². The first kappa shape index (κ1) is 10.5. The molecule has 0 aliphatic carbocycles. The summed E-state index contributed by atoms with van der Waals surface area (Å²) in [6, 6.07) is 5.11. The Bertz CT molecular complexity index is 438. The number of rotatable bonds is 3. The van der Waals surface area contributed by atoms with Crippen LogP contribution in [0.2, 0.25) is 0 Å². The van der Waals surface area contributed by atoms with Gasteiger partial charge in [-0.15, -0.1) is 0 Å². The Kier molecular flexibility index (Phi) is 2.76. The molecule has 0 N–H and O–H groups in total. The molecule has 1 aliphatic rings. The number of Topliss-reactive ketones (excluding diaryl/α,β-unsaturated/α-hetero) is 1. The summed E-state index contributed by atoms with van der Waals surface area (Å²) in [5, 5.41) is 0. The molecule has 0 spiro atoms. The maximum Gasteiger partial charge on any atom is 0.374 e. The number of hydrogen-bond acceptors (Lipinski definition) is 5. The third-order valence-electron chi connectivity index (χ3n) is 2.21. The van der Waals surface area contributed by atoms with Gasteiger partial charge in [0.25, 0.3) is 0 Å². The van der Waals surface area contributed by atoms with Crippen LogP contribution in [0.15, 0.2) is 18.2 Å². The lowest BCUT2D eigenvalue weighted by Crippen LogP contribution is -2.17. The summed E-state index contributed by atoms with van der Waals surface area (Å²) in [5.74, 6) is -0.177.